The van der Waals surface area contributed by atoms with Crippen molar-refractivity contribution in [2.75, 3.05) is 5.32 Å². The number of rotatable bonds is 4. The largest absolute Gasteiger partial charge is 0.354 e. The number of amides is 1. The summed E-state index contributed by atoms with van der Waals surface area (Å²) >= 11 is 0. The number of carbonyl (C=O) groups excluding carboxylic acids is 1. The lowest BCUT2D eigenvalue weighted by Crippen LogP contribution is -2.33. The summed E-state index contributed by atoms with van der Waals surface area (Å²) in [5, 5.41) is 4.40. The molecule has 1 aliphatic rings. The molecular formula is C26H25F2N3O. The number of carbonyl (C=O) groups is 1. The van der Waals surface area contributed by atoms with Gasteiger partial charge in [-0.1, -0.05) is 37.1 Å². The molecule has 1 aliphatic carbocycles. The number of benzene rings is 3. The predicted octanol–water partition coefficient (Wildman–Crippen LogP) is 6.07. The summed E-state index contributed by atoms with van der Waals surface area (Å²) in [6.07, 6.45) is 4.16. The van der Waals surface area contributed by atoms with E-state index in [4.69, 9.17) is 5.73 Å². The number of nitrogens with two attached hydrogens (primary N) is 1. The molecule has 4 aromatic rings. The first-order chi connectivity index (χ1) is 15.3. The van der Waals surface area contributed by atoms with Crippen LogP contribution in [-0.4, -0.2) is 10.9 Å². The summed E-state index contributed by atoms with van der Waals surface area (Å²) in [6.45, 7) is 1.84. The monoisotopic (exact) mass is 433 g/mol. The van der Waals surface area contributed by atoms with E-state index in [1.807, 2.05) is 49.4 Å². The number of aromatic nitrogens is 1. The molecule has 0 radical (unpaired) electrons. The Labute approximate surface area is 184 Å². The Morgan fingerprint density at radius 2 is 1.72 bits per heavy atom. The lowest BCUT2D eigenvalue weighted by molar-refractivity contribution is -0.117. The van der Waals surface area contributed by atoms with Crippen molar-refractivity contribution in [2.24, 2.45) is 5.73 Å². The van der Waals surface area contributed by atoms with Gasteiger partial charge in [0, 0.05) is 39.1 Å². The molecule has 164 valence electrons. The predicted molar refractivity (Wildman–Crippen MR) is 124 cm³/mol. The highest BCUT2D eigenvalue weighted by atomic mass is 19.2. The Bertz CT molecular complexity index is 1340. The van der Waals surface area contributed by atoms with Gasteiger partial charge in [0.05, 0.1) is 5.92 Å². The van der Waals surface area contributed by atoms with Gasteiger partial charge in [-0.3, -0.25) is 4.79 Å². The van der Waals surface area contributed by atoms with Gasteiger partial charge in [-0.2, -0.15) is 0 Å². The second kappa shape index (κ2) is 7.71. The van der Waals surface area contributed by atoms with Crippen molar-refractivity contribution >= 4 is 33.4 Å². The van der Waals surface area contributed by atoms with Crippen LogP contribution in [0, 0.1) is 11.6 Å². The summed E-state index contributed by atoms with van der Waals surface area (Å²) in [4.78, 5) is 16.1. The normalized spacial score (nSPS) is 16.5. The first kappa shape index (κ1) is 20.6. The van der Waals surface area contributed by atoms with Crippen molar-refractivity contribution in [3.8, 4) is 0 Å². The third kappa shape index (κ3) is 3.54. The van der Waals surface area contributed by atoms with E-state index in [2.05, 4.69) is 10.3 Å². The van der Waals surface area contributed by atoms with E-state index in [1.54, 1.807) is 0 Å². The van der Waals surface area contributed by atoms with E-state index in [-0.39, 0.29) is 11.4 Å². The molecule has 1 unspecified atom stereocenters. The molecule has 5 rings (SSSR count). The number of fused-ring (bicyclic) bond motifs is 3. The molecule has 4 nitrogen and oxygen atoms in total. The third-order valence-corrected chi connectivity index (χ3v) is 6.76. The van der Waals surface area contributed by atoms with Gasteiger partial charge in [0.25, 0.3) is 0 Å². The van der Waals surface area contributed by atoms with E-state index in [0.29, 0.717) is 10.9 Å². The van der Waals surface area contributed by atoms with Crippen LogP contribution in [0.4, 0.5) is 14.5 Å². The highest BCUT2D eigenvalue weighted by molar-refractivity contribution is 6.07. The Morgan fingerprint density at radius 1 is 1.00 bits per heavy atom. The fraction of sp³-hybridized carbons (Fsp3) is 0.269. The number of anilines is 1. The molecule has 0 bridgehead atoms. The summed E-state index contributed by atoms with van der Waals surface area (Å²) < 4.78 is 27.3. The molecule has 1 atom stereocenters. The lowest BCUT2D eigenvalue weighted by atomic mass is 9.89. The fourth-order valence-corrected chi connectivity index (χ4v) is 4.79. The van der Waals surface area contributed by atoms with Gasteiger partial charge in [-0.15, -0.1) is 0 Å². The summed E-state index contributed by atoms with van der Waals surface area (Å²) in [5.74, 6) is -2.32. The van der Waals surface area contributed by atoms with Crippen LogP contribution in [0.1, 0.15) is 49.7 Å². The fourth-order valence-electron chi connectivity index (χ4n) is 4.79. The zero-order valence-electron chi connectivity index (χ0n) is 17.8. The third-order valence-electron chi connectivity index (χ3n) is 6.76. The van der Waals surface area contributed by atoms with Gasteiger partial charge in [0.15, 0.2) is 11.6 Å². The average Bonchev–Trinajstić information content (AvgIpc) is 3.37. The smallest absolute Gasteiger partial charge is 0.231 e. The first-order valence-electron chi connectivity index (χ1n) is 10.9. The van der Waals surface area contributed by atoms with Gasteiger partial charge in [-0.25, -0.2) is 8.78 Å². The number of halogens is 2. The SMILES string of the molecule is CC(C(=O)Nc1cccc(C2(N)CCCC2)c1)c1ccc2c(c1)[nH]c1cc(F)c(F)cc12. The minimum Gasteiger partial charge on any atom is -0.354 e. The van der Waals surface area contributed by atoms with Crippen LogP contribution in [0.25, 0.3) is 21.8 Å². The highest BCUT2D eigenvalue weighted by Gasteiger charge is 2.31. The van der Waals surface area contributed by atoms with E-state index in [1.165, 1.54) is 6.07 Å². The van der Waals surface area contributed by atoms with Crippen molar-refractivity contribution < 1.29 is 13.6 Å². The number of hydrogen-bond acceptors (Lipinski definition) is 2. The van der Waals surface area contributed by atoms with Gasteiger partial charge >= 0.3 is 0 Å². The van der Waals surface area contributed by atoms with E-state index < -0.39 is 17.6 Å². The Kier molecular flexibility index (Phi) is 4.97. The van der Waals surface area contributed by atoms with Crippen LogP contribution < -0.4 is 11.1 Å². The van der Waals surface area contributed by atoms with Gasteiger partial charge in [-0.05, 0) is 55.2 Å². The molecule has 1 heterocycles. The molecule has 0 spiro atoms. The van der Waals surface area contributed by atoms with Crippen LogP contribution >= 0.6 is 0 Å². The first-order valence-corrected chi connectivity index (χ1v) is 10.9. The van der Waals surface area contributed by atoms with Crippen LogP contribution in [0.3, 0.4) is 0 Å². The van der Waals surface area contributed by atoms with E-state index in [9.17, 15) is 13.6 Å². The van der Waals surface area contributed by atoms with Crippen LogP contribution in [0.2, 0.25) is 0 Å². The molecular weight excluding hydrogens is 408 g/mol. The maximum Gasteiger partial charge on any atom is 0.231 e. The quantitative estimate of drug-likeness (QED) is 0.366. The Balaban J connectivity index is 1.39. The van der Waals surface area contributed by atoms with Crippen molar-refractivity contribution in [2.45, 2.75) is 44.1 Å². The maximum atomic E-state index is 13.7. The number of hydrogen-bond donors (Lipinski definition) is 3. The van der Waals surface area contributed by atoms with Gasteiger partial charge < -0.3 is 16.0 Å². The molecule has 1 aromatic heterocycles. The van der Waals surface area contributed by atoms with Crippen LogP contribution in [0.5, 0.6) is 0 Å². The second-order valence-electron chi connectivity index (χ2n) is 8.90. The molecule has 1 saturated carbocycles. The summed E-state index contributed by atoms with van der Waals surface area (Å²) in [5.41, 5.74) is 10.1. The number of nitrogens with one attached hydrogen (secondary N) is 2. The van der Waals surface area contributed by atoms with Gasteiger partial charge in [0.2, 0.25) is 5.91 Å². The number of H-pyrrole nitrogens is 1. The second-order valence-corrected chi connectivity index (χ2v) is 8.90. The summed E-state index contributed by atoms with van der Waals surface area (Å²) in [6, 6.07) is 15.7. The minimum atomic E-state index is -0.892. The molecule has 1 fully saturated rings. The summed E-state index contributed by atoms with van der Waals surface area (Å²) in [7, 11) is 0. The Morgan fingerprint density at radius 3 is 2.50 bits per heavy atom. The lowest BCUT2D eigenvalue weighted by Gasteiger charge is -2.25. The maximum absolute atomic E-state index is 13.7. The van der Waals surface area contributed by atoms with Crippen molar-refractivity contribution in [3.05, 3.63) is 77.4 Å². The molecule has 6 heteroatoms. The number of aromatic amines is 1. The van der Waals surface area contributed by atoms with Crippen LogP contribution in [0.15, 0.2) is 54.6 Å². The van der Waals surface area contributed by atoms with Crippen LogP contribution in [-0.2, 0) is 10.3 Å². The van der Waals surface area contributed by atoms with E-state index in [0.717, 1.165) is 59.5 Å². The topological polar surface area (TPSA) is 70.9 Å². The molecule has 32 heavy (non-hydrogen) atoms. The molecule has 3 aromatic carbocycles. The standard InChI is InChI=1S/C26H25F2N3O/c1-15(25(32)30-18-6-4-5-17(12-18)26(29)9-2-3-10-26)16-7-8-19-20-13-21(27)22(28)14-24(20)31-23(19)11-16/h4-8,11-15,31H,2-3,9-10,29H2,1H3,(H,30,32). The molecule has 0 saturated heterocycles. The van der Waals surface area contributed by atoms with E-state index >= 15 is 0 Å². The van der Waals surface area contributed by atoms with Crippen molar-refractivity contribution in [1.82, 2.24) is 4.98 Å². The molecule has 0 aliphatic heterocycles. The zero-order chi connectivity index (χ0) is 22.5. The minimum absolute atomic E-state index is 0.132. The molecule has 1 amide bonds. The van der Waals surface area contributed by atoms with Crippen molar-refractivity contribution in [3.63, 3.8) is 0 Å². The zero-order valence-corrected chi connectivity index (χ0v) is 17.8. The molecule has 4 N–H and O–H groups in total. The van der Waals surface area contributed by atoms with Crippen molar-refractivity contribution in [1.29, 1.82) is 0 Å². The average molecular weight is 434 g/mol. The highest BCUT2D eigenvalue weighted by Crippen LogP contribution is 2.37. The van der Waals surface area contributed by atoms with Gasteiger partial charge in [0.1, 0.15) is 0 Å². The Hall–Kier alpha value is -3.25.